The van der Waals surface area contributed by atoms with Gasteiger partial charge in [0.1, 0.15) is 17.6 Å². The van der Waals surface area contributed by atoms with Gasteiger partial charge in [-0.3, -0.25) is 14.8 Å². The number of amides is 1. The van der Waals surface area contributed by atoms with Gasteiger partial charge in [0, 0.05) is 47.9 Å². The van der Waals surface area contributed by atoms with Crippen molar-refractivity contribution in [3.8, 4) is 17.2 Å². The topological polar surface area (TPSA) is 104 Å². The van der Waals surface area contributed by atoms with E-state index < -0.39 is 18.0 Å². The summed E-state index contributed by atoms with van der Waals surface area (Å²) in [6.45, 7) is 4.28. The number of anilines is 2. The number of aromatic nitrogens is 3. The molecule has 0 unspecified atom stereocenters. The molecule has 33 heavy (non-hydrogen) atoms. The zero-order valence-corrected chi connectivity index (χ0v) is 17.8. The second-order valence-corrected chi connectivity index (χ2v) is 7.39. The van der Waals surface area contributed by atoms with Crippen molar-refractivity contribution in [3.05, 3.63) is 65.4 Å². The molecule has 0 aliphatic carbocycles. The normalized spacial score (nSPS) is 13.6. The molecule has 0 atom stereocenters. The van der Waals surface area contributed by atoms with Gasteiger partial charge >= 0.3 is 0 Å². The van der Waals surface area contributed by atoms with Crippen LogP contribution in [0, 0.1) is 18.3 Å². The number of nitrogens with zero attached hydrogens (tertiary/aromatic N) is 5. The maximum atomic E-state index is 12.9. The van der Waals surface area contributed by atoms with E-state index >= 15 is 0 Å². The van der Waals surface area contributed by atoms with E-state index in [2.05, 4.69) is 26.3 Å². The maximum absolute atomic E-state index is 12.9. The molecule has 4 rings (SSSR count). The summed E-state index contributed by atoms with van der Waals surface area (Å²) in [4.78, 5) is 27.0. The monoisotopic (exact) mass is 450 g/mol. The van der Waals surface area contributed by atoms with E-state index in [-0.39, 0.29) is 5.56 Å². The van der Waals surface area contributed by atoms with Gasteiger partial charge in [-0.1, -0.05) is 0 Å². The smallest absolute Gasteiger partial charge is 0.280 e. The van der Waals surface area contributed by atoms with Crippen molar-refractivity contribution in [1.82, 2.24) is 15.0 Å². The number of aryl methyl sites for hydroxylation is 1. The average molecular weight is 450 g/mol. The SMILES string of the molecule is Cc1ncc(NC(=O)c2ccnc(C(F)F)c2)cc1-c1cnc(N2CCOCC2)c(C#N)c1. The van der Waals surface area contributed by atoms with Crippen LogP contribution < -0.4 is 10.2 Å². The molecular weight excluding hydrogens is 430 g/mol. The standard InChI is InChI=1S/C23H20F2N6O2/c1-14-19(17-8-16(11-26)22(29-12-17)31-4-6-33-7-5-31)10-18(13-28-14)30-23(32)15-2-3-27-20(9-15)21(24)25/h2-3,8-10,12-13,21H,4-7H2,1H3,(H,30,32). The van der Waals surface area contributed by atoms with Crippen molar-refractivity contribution in [2.45, 2.75) is 13.3 Å². The van der Waals surface area contributed by atoms with Gasteiger partial charge in [0.2, 0.25) is 0 Å². The first-order chi connectivity index (χ1) is 16.0. The molecule has 4 heterocycles. The summed E-state index contributed by atoms with van der Waals surface area (Å²) >= 11 is 0. The second kappa shape index (κ2) is 9.67. The van der Waals surface area contributed by atoms with Crippen molar-refractivity contribution in [1.29, 1.82) is 5.26 Å². The molecule has 1 saturated heterocycles. The lowest BCUT2D eigenvalue weighted by molar-refractivity contribution is 0.102. The van der Waals surface area contributed by atoms with Crippen LogP contribution in [0.1, 0.15) is 33.7 Å². The van der Waals surface area contributed by atoms with Crippen molar-refractivity contribution in [2.24, 2.45) is 0 Å². The number of hydrogen-bond donors (Lipinski definition) is 1. The van der Waals surface area contributed by atoms with Crippen LogP contribution >= 0.6 is 0 Å². The van der Waals surface area contributed by atoms with Crippen LogP contribution in [0.25, 0.3) is 11.1 Å². The first-order valence-electron chi connectivity index (χ1n) is 10.2. The van der Waals surface area contributed by atoms with E-state index in [9.17, 15) is 18.8 Å². The van der Waals surface area contributed by atoms with Gasteiger partial charge in [-0.15, -0.1) is 0 Å². The summed E-state index contributed by atoms with van der Waals surface area (Å²) in [5, 5.41) is 12.3. The molecule has 3 aromatic rings. The largest absolute Gasteiger partial charge is 0.378 e. The molecule has 0 spiro atoms. The first-order valence-corrected chi connectivity index (χ1v) is 10.2. The minimum atomic E-state index is -2.77. The van der Waals surface area contributed by atoms with Crippen molar-refractivity contribution >= 4 is 17.4 Å². The number of nitriles is 1. The highest BCUT2D eigenvalue weighted by molar-refractivity contribution is 6.04. The fourth-order valence-electron chi connectivity index (χ4n) is 3.52. The second-order valence-electron chi connectivity index (χ2n) is 7.39. The predicted molar refractivity (Wildman–Crippen MR) is 117 cm³/mol. The van der Waals surface area contributed by atoms with Crippen LogP contribution in [0.4, 0.5) is 20.3 Å². The summed E-state index contributed by atoms with van der Waals surface area (Å²) in [7, 11) is 0. The quantitative estimate of drug-likeness (QED) is 0.631. The van der Waals surface area contributed by atoms with Gasteiger partial charge in [0.25, 0.3) is 12.3 Å². The third kappa shape index (κ3) is 4.94. The number of pyridine rings is 3. The molecule has 1 aliphatic rings. The molecule has 1 fully saturated rings. The van der Waals surface area contributed by atoms with Crippen molar-refractivity contribution < 1.29 is 18.3 Å². The number of nitrogens with one attached hydrogen (secondary N) is 1. The van der Waals surface area contributed by atoms with E-state index in [1.54, 1.807) is 25.3 Å². The molecule has 0 radical (unpaired) electrons. The lowest BCUT2D eigenvalue weighted by Gasteiger charge is -2.28. The predicted octanol–water partition coefficient (Wildman–Crippen LogP) is 3.75. The van der Waals surface area contributed by atoms with Gasteiger partial charge < -0.3 is 15.0 Å². The van der Waals surface area contributed by atoms with Crippen LogP contribution in [-0.2, 0) is 4.74 Å². The van der Waals surface area contributed by atoms with E-state index in [1.807, 2.05) is 4.90 Å². The Balaban J connectivity index is 1.60. The Morgan fingerprint density at radius 1 is 1.18 bits per heavy atom. The molecular formula is C23H20F2N6O2. The molecule has 0 saturated carbocycles. The number of rotatable bonds is 5. The van der Waals surface area contributed by atoms with Crippen LogP contribution in [0.3, 0.4) is 0 Å². The molecule has 0 bridgehead atoms. The number of alkyl halides is 2. The van der Waals surface area contributed by atoms with Crippen LogP contribution in [0.2, 0.25) is 0 Å². The van der Waals surface area contributed by atoms with Crippen molar-refractivity contribution in [2.75, 3.05) is 36.5 Å². The number of ether oxygens (including phenoxy) is 1. The zero-order valence-electron chi connectivity index (χ0n) is 17.8. The third-order valence-electron chi connectivity index (χ3n) is 5.22. The average Bonchev–Trinajstić information content (AvgIpc) is 2.85. The highest BCUT2D eigenvalue weighted by Gasteiger charge is 2.18. The fraction of sp³-hybridized carbons (Fsp3) is 0.261. The number of carbonyl (C=O) groups excluding carboxylic acids is 1. The summed E-state index contributed by atoms with van der Waals surface area (Å²) < 4.78 is 31.1. The fourth-order valence-corrected chi connectivity index (χ4v) is 3.52. The van der Waals surface area contributed by atoms with Crippen molar-refractivity contribution in [3.63, 3.8) is 0 Å². The lowest BCUT2D eigenvalue weighted by Crippen LogP contribution is -2.37. The molecule has 10 heteroatoms. The summed E-state index contributed by atoms with van der Waals surface area (Å²) in [6.07, 6.45) is 1.54. The summed E-state index contributed by atoms with van der Waals surface area (Å²) in [5.41, 5.74) is 2.45. The van der Waals surface area contributed by atoms with Gasteiger partial charge in [-0.2, -0.15) is 5.26 Å². The molecule has 168 valence electrons. The number of morpholine rings is 1. The first kappa shape index (κ1) is 22.2. The Bertz CT molecular complexity index is 1220. The van der Waals surface area contributed by atoms with Gasteiger partial charge in [0.05, 0.1) is 30.7 Å². The van der Waals surface area contributed by atoms with E-state index in [1.165, 1.54) is 18.5 Å². The Kier molecular flexibility index (Phi) is 6.51. The Morgan fingerprint density at radius 2 is 1.97 bits per heavy atom. The van der Waals surface area contributed by atoms with E-state index in [0.717, 1.165) is 6.07 Å². The number of hydrogen-bond acceptors (Lipinski definition) is 7. The minimum Gasteiger partial charge on any atom is -0.378 e. The Hall–Kier alpha value is -3.97. The minimum absolute atomic E-state index is 0.0609. The Morgan fingerprint density at radius 3 is 2.70 bits per heavy atom. The van der Waals surface area contributed by atoms with Gasteiger partial charge in [-0.25, -0.2) is 13.8 Å². The zero-order chi connectivity index (χ0) is 23.4. The van der Waals surface area contributed by atoms with Gasteiger partial charge in [0.15, 0.2) is 0 Å². The molecule has 1 amide bonds. The highest BCUT2D eigenvalue weighted by atomic mass is 19.3. The van der Waals surface area contributed by atoms with Gasteiger partial charge in [-0.05, 0) is 31.2 Å². The lowest BCUT2D eigenvalue weighted by atomic mass is 10.0. The summed E-state index contributed by atoms with van der Waals surface area (Å²) in [5.74, 6) is 0.0431. The van der Waals surface area contributed by atoms with Crippen LogP contribution in [-0.4, -0.2) is 47.2 Å². The summed E-state index contributed by atoms with van der Waals surface area (Å²) in [6, 6.07) is 8.06. The number of carbonyl (C=O) groups is 1. The molecule has 0 aromatic carbocycles. The molecule has 1 N–H and O–H groups in total. The Labute approximate surface area is 188 Å². The third-order valence-corrected chi connectivity index (χ3v) is 5.22. The number of halogens is 2. The molecule has 8 nitrogen and oxygen atoms in total. The van der Waals surface area contributed by atoms with Crippen LogP contribution in [0.5, 0.6) is 0 Å². The molecule has 1 aliphatic heterocycles. The van der Waals surface area contributed by atoms with E-state index in [4.69, 9.17) is 4.74 Å². The maximum Gasteiger partial charge on any atom is 0.280 e. The highest BCUT2D eigenvalue weighted by Crippen LogP contribution is 2.29. The van der Waals surface area contributed by atoms with E-state index in [0.29, 0.717) is 60.2 Å². The van der Waals surface area contributed by atoms with Crippen LogP contribution in [0.15, 0.2) is 42.9 Å². The molecule has 3 aromatic heterocycles.